The van der Waals surface area contributed by atoms with Crippen LogP contribution in [0.1, 0.15) is 21.5 Å². The van der Waals surface area contributed by atoms with Gasteiger partial charge in [0.15, 0.2) is 5.70 Å². The highest BCUT2D eigenvalue weighted by Gasteiger charge is 2.25. The summed E-state index contributed by atoms with van der Waals surface area (Å²) in [7, 11) is 1.30. The maximum atomic E-state index is 12.0. The van der Waals surface area contributed by atoms with Crippen molar-refractivity contribution < 1.29 is 19.1 Å². The Bertz CT molecular complexity index is 886. The number of carbonyl (C=O) groups excluding carboxylic acids is 2. The number of aliphatic imine (C=N–C) groups is 1. The SMILES string of the molecule is COC(=O)c1ccccc1C=C1N=C(c2cccc(Cl)c2)OC1=O. The van der Waals surface area contributed by atoms with Crippen molar-refractivity contribution in [3.05, 3.63) is 75.9 Å². The van der Waals surface area contributed by atoms with E-state index in [1.807, 2.05) is 0 Å². The third kappa shape index (κ3) is 3.21. The molecule has 2 aromatic carbocycles. The Morgan fingerprint density at radius 3 is 2.75 bits per heavy atom. The van der Waals surface area contributed by atoms with Crippen LogP contribution >= 0.6 is 11.6 Å². The zero-order valence-electron chi connectivity index (χ0n) is 12.7. The molecule has 24 heavy (non-hydrogen) atoms. The van der Waals surface area contributed by atoms with Gasteiger partial charge in [-0.25, -0.2) is 14.6 Å². The molecule has 0 unspecified atom stereocenters. The number of hydrogen-bond donors (Lipinski definition) is 0. The van der Waals surface area contributed by atoms with E-state index in [0.717, 1.165) is 0 Å². The summed E-state index contributed by atoms with van der Waals surface area (Å²) in [6, 6.07) is 13.6. The molecule has 0 N–H and O–H groups in total. The minimum Gasteiger partial charge on any atom is -0.465 e. The van der Waals surface area contributed by atoms with E-state index in [0.29, 0.717) is 21.7 Å². The van der Waals surface area contributed by atoms with E-state index in [1.54, 1.807) is 48.5 Å². The molecule has 0 radical (unpaired) electrons. The predicted molar refractivity (Wildman–Crippen MR) is 89.8 cm³/mol. The Morgan fingerprint density at radius 2 is 2.00 bits per heavy atom. The van der Waals surface area contributed by atoms with Crippen LogP contribution in [-0.2, 0) is 14.3 Å². The van der Waals surface area contributed by atoms with Gasteiger partial charge in [-0.3, -0.25) is 0 Å². The van der Waals surface area contributed by atoms with Crippen molar-refractivity contribution in [1.29, 1.82) is 0 Å². The molecule has 120 valence electrons. The molecule has 0 fully saturated rings. The lowest BCUT2D eigenvalue weighted by Gasteiger charge is -2.03. The number of hydrogen-bond acceptors (Lipinski definition) is 5. The number of ether oxygens (including phenoxy) is 2. The molecule has 3 rings (SSSR count). The molecular weight excluding hydrogens is 330 g/mol. The van der Waals surface area contributed by atoms with Gasteiger partial charge in [0.1, 0.15) is 0 Å². The van der Waals surface area contributed by atoms with Gasteiger partial charge in [-0.15, -0.1) is 0 Å². The number of esters is 2. The highest BCUT2D eigenvalue weighted by molar-refractivity contribution is 6.31. The van der Waals surface area contributed by atoms with E-state index in [9.17, 15) is 9.59 Å². The van der Waals surface area contributed by atoms with Crippen LogP contribution in [0, 0.1) is 0 Å². The van der Waals surface area contributed by atoms with Crippen molar-refractivity contribution in [1.82, 2.24) is 0 Å². The first kappa shape index (κ1) is 16.0. The molecule has 0 spiro atoms. The van der Waals surface area contributed by atoms with Crippen LogP contribution in [0.4, 0.5) is 0 Å². The normalized spacial score (nSPS) is 15.2. The van der Waals surface area contributed by atoms with Gasteiger partial charge in [0.2, 0.25) is 5.90 Å². The fourth-order valence-electron chi connectivity index (χ4n) is 2.22. The Kier molecular flexibility index (Phi) is 4.44. The maximum absolute atomic E-state index is 12.0. The summed E-state index contributed by atoms with van der Waals surface area (Å²) in [5.74, 6) is -0.915. The summed E-state index contributed by atoms with van der Waals surface area (Å²) in [6.07, 6.45) is 1.49. The van der Waals surface area contributed by atoms with E-state index >= 15 is 0 Å². The lowest BCUT2D eigenvalue weighted by Crippen LogP contribution is -2.06. The lowest BCUT2D eigenvalue weighted by atomic mass is 10.1. The molecule has 0 bridgehead atoms. The van der Waals surface area contributed by atoms with Crippen LogP contribution in [0.25, 0.3) is 6.08 Å². The molecule has 5 nitrogen and oxygen atoms in total. The Hall–Kier alpha value is -2.92. The molecule has 6 heteroatoms. The fraction of sp³-hybridized carbons (Fsp3) is 0.0556. The second kappa shape index (κ2) is 6.68. The number of nitrogens with zero attached hydrogens (tertiary/aromatic N) is 1. The average Bonchev–Trinajstić information content (AvgIpc) is 2.95. The third-order valence-electron chi connectivity index (χ3n) is 3.35. The van der Waals surface area contributed by atoms with Crippen LogP contribution in [0.2, 0.25) is 5.02 Å². The second-order valence-corrected chi connectivity index (χ2v) is 5.36. The van der Waals surface area contributed by atoms with Gasteiger partial charge in [0.25, 0.3) is 0 Å². The Balaban J connectivity index is 1.99. The number of carbonyl (C=O) groups is 2. The molecule has 1 aliphatic rings. The second-order valence-electron chi connectivity index (χ2n) is 4.93. The first-order valence-electron chi connectivity index (χ1n) is 7.04. The number of cyclic esters (lactones) is 1. The van der Waals surface area contributed by atoms with Gasteiger partial charge in [0.05, 0.1) is 12.7 Å². The molecule has 0 atom stereocenters. The van der Waals surface area contributed by atoms with Crippen molar-refractivity contribution in [2.45, 2.75) is 0 Å². The van der Waals surface area contributed by atoms with Crippen molar-refractivity contribution in [2.75, 3.05) is 7.11 Å². The van der Waals surface area contributed by atoms with Crippen LogP contribution in [-0.4, -0.2) is 24.9 Å². The van der Waals surface area contributed by atoms with E-state index in [1.165, 1.54) is 13.2 Å². The Labute approximate surface area is 143 Å². The quantitative estimate of drug-likeness (QED) is 0.633. The van der Waals surface area contributed by atoms with Gasteiger partial charge in [-0.2, -0.15) is 0 Å². The number of rotatable bonds is 3. The third-order valence-corrected chi connectivity index (χ3v) is 3.59. The molecule has 1 heterocycles. The molecule has 0 saturated heterocycles. The molecule has 0 saturated carbocycles. The zero-order chi connectivity index (χ0) is 17.1. The standard InChI is InChI=1S/C18H12ClNO4/c1-23-17(21)14-8-3-2-5-11(14)10-15-18(22)24-16(20-15)12-6-4-7-13(19)9-12/h2-10H,1H3. The Morgan fingerprint density at radius 1 is 1.21 bits per heavy atom. The molecular formula is C18H12ClNO4. The molecule has 0 amide bonds. The largest absolute Gasteiger partial charge is 0.465 e. The summed E-state index contributed by atoms with van der Waals surface area (Å²) >= 11 is 5.94. The predicted octanol–water partition coefficient (Wildman–Crippen LogP) is 3.47. The molecule has 1 aliphatic heterocycles. The van der Waals surface area contributed by atoms with Crippen LogP contribution in [0.5, 0.6) is 0 Å². The van der Waals surface area contributed by atoms with Gasteiger partial charge < -0.3 is 9.47 Å². The number of benzene rings is 2. The van der Waals surface area contributed by atoms with Crippen LogP contribution < -0.4 is 0 Å². The number of methoxy groups -OCH3 is 1. The van der Waals surface area contributed by atoms with Crippen LogP contribution in [0.3, 0.4) is 0 Å². The summed E-state index contributed by atoms with van der Waals surface area (Å²) in [6.45, 7) is 0. The van der Waals surface area contributed by atoms with Crippen molar-refractivity contribution in [3.8, 4) is 0 Å². The van der Waals surface area contributed by atoms with Crippen molar-refractivity contribution >= 4 is 35.5 Å². The minimum atomic E-state index is -0.593. The zero-order valence-corrected chi connectivity index (χ0v) is 13.4. The first-order valence-corrected chi connectivity index (χ1v) is 7.42. The molecule has 0 aliphatic carbocycles. The topological polar surface area (TPSA) is 65.0 Å². The van der Waals surface area contributed by atoms with Crippen molar-refractivity contribution in [3.63, 3.8) is 0 Å². The summed E-state index contributed by atoms with van der Waals surface area (Å²) in [5, 5.41) is 0.514. The smallest absolute Gasteiger partial charge is 0.363 e. The van der Waals surface area contributed by atoms with Crippen LogP contribution in [0.15, 0.2) is 59.2 Å². The molecule has 0 aromatic heterocycles. The highest BCUT2D eigenvalue weighted by Crippen LogP contribution is 2.22. The minimum absolute atomic E-state index is 0.0985. The average molecular weight is 342 g/mol. The fourth-order valence-corrected chi connectivity index (χ4v) is 2.41. The van der Waals surface area contributed by atoms with E-state index < -0.39 is 11.9 Å². The van der Waals surface area contributed by atoms with Gasteiger partial charge >= 0.3 is 11.9 Å². The van der Waals surface area contributed by atoms with Gasteiger partial charge in [-0.05, 0) is 35.9 Å². The lowest BCUT2D eigenvalue weighted by molar-refractivity contribution is -0.129. The van der Waals surface area contributed by atoms with Crippen molar-refractivity contribution in [2.24, 2.45) is 4.99 Å². The first-order chi connectivity index (χ1) is 11.6. The van der Waals surface area contributed by atoms with E-state index in [2.05, 4.69) is 4.99 Å². The number of halogens is 1. The van der Waals surface area contributed by atoms with Gasteiger partial charge in [0, 0.05) is 10.6 Å². The maximum Gasteiger partial charge on any atom is 0.363 e. The monoisotopic (exact) mass is 341 g/mol. The highest BCUT2D eigenvalue weighted by atomic mass is 35.5. The molecule has 2 aromatic rings. The summed E-state index contributed by atoms with van der Waals surface area (Å²) < 4.78 is 9.92. The van der Waals surface area contributed by atoms with E-state index in [-0.39, 0.29) is 11.6 Å². The van der Waals surface area contributed by atoms with E-state index in [4.69, 9.17) is 21.1 Å². The summed E-state index contributed by atoms with van der Waals surface area (Å²) in [4.78, 5) is 28.0. The van der Waals surface area contributed by atoms with Gasteiger partial charge in [-0.1, -0.05) is 35.9 Å². The summed E-state index contributed by atoms with van der Waals surface area (Å²) in [5.41, 5.74) is 1.56.